The lowest BCUT2D eigenvalue weighted by Gasteiger charge is -2.53. The molecular formula is C27H38N3O2S+. The van der Waals surface area contributed by atoms with Crippen LogP contribution < -0.4 is 4.90 Å². The minimum absolute atomic E-state index is 0.0267. The Morgan fingerprint density at radius 1 is 1.27 bits per heavy atom. The number of hydrogen-bond donors (Lipinski definition) is 2. The molecule has 2 aliphatic carbocycles. The molecule has 178 valence electrons. The standard InChI is InChI=1S/C27H37N3O2S/c1-17(26(32)30-14-12-29(4)13-15-30)20-10-11-27(3)16-21-23(18(2)22(27)24(20)31)28-25(33-21)19-8-6-5-7-9-19/h5-9,17-18,20,22,24,31H,10-16H2,1-4H3/p+1/t17-,18-,20+,22+,24-,27-/m0/s1. The summed E-state index contributed by atoms with van der Waals surface area (Å²) in [5, 5.41) is 12.8. The van der Waals surface area contributed by atoms with Crippen LogP contribution >= 0.6 is 11.3 Å². The number of fused-ring (bicyclic) bond motifs is 2. The molecule has 3 aliphatic rings. The first-order valence-electron chi connectivity index (χ1n) is 12.6. The third-order valence-electron chi connectivity index (χ3n) is 8.90. The van der Waals surface area contributed by atoms with Crippen molar-refractivity contribution < 1.29 is 14.8 Å². The van der Waals surface area contributed by atoms with Crippen molar-refractivity contribution in [2.24, 2.45) is 23.2 Å². The highest BCUT2D eigenvalue weighted by Crippen LogP contribution is 2.57. The molecule has 1 aromatic carbocycles. The third kappa shape index (κ3) is 4.04. The minimum atomic E-state index is -0.467. The smallest absolute Gasteiger partial charge is 0.226 e. The normalized spacial score (nSPS) is 33.3. The number of rotatable bonds is 3. The lowest BCUT2D eigenvalue weighted by molar-refractivity contribution is -0.883. The fourth-order valence-electron chi connectivity index (χ4n) is 6.83. The maximum absolute atomic E-state index is 13.3. The van der Waals surface area contributed by atoms with Gasteiger partial charge in [0.1, 0.15) is 5.01 Å². The lowest BCUT2D eigenvalue weighted by atomic mass is 9.53. The monoisotopic (exact) mass is 468 g/mol. The fraction of sp³-hybridized carbons (Fsp3) is 0.630. The molecule has 1 amide bonds. The molecule has 1 aromatic heterocycles. The molecule has 2 N–H and O–H groups in total. The van der Waals surface area contributed by atoms with Crippen molar-refractivity contribution in [2.75, 3.05) is 33.2 Å². The first kappa shape index (κ1) is 23.0. The maximum Gasteiger partial charge on any atom is 0.226 e. The highest BCUT2D eigenvalue weighted by Gasteiger charge is 2.54. The number of hydrogen-bond acceptors (Lipinski definition) is 4. The van der Waals surface area contributed by atoms with E-state index in [1.165, 1.54) is 21.0 Å². The molecule has 2 heterocycles. The van der Waals surface area contributed by atoms with Gasteiger partial charge in [0.05, 0.1) is 45.0 Å². The summed E-state index contributed by atoms with van der Waals surface area (Å²) in [6.45, 7) is 10.4. The number of likely N-dealkylation sites (N-methyl/N-ethyl adjacent to an activating group) is 1. The van der Waals surface area contributed by atoms with E-state index in [0.29, 0.717) is 0 Å². The Morgan fingerprint density at radius 3 is 2.67 bits per heavy atom. The van der Waals surface area contributed by atoms with Crippen LogP contribution in [0.25, 0.3) is 10.6 Å². The Bertz CT molecular complexity index is 1000. The van der Waals surface area contributed by atoms with E-state index >= 15 is 0 Å². The molecule has 33 heavy (non-hydrogen) atoms. The quantitative estimate of drug-likeness (QED) is 0.728. The van der Waals surface area contributed by atoms with Gasteiger partial charge in [-0.3, -0.25) is 4.79 Å². The first-order valence-corrected chi connectivity index (χ1v) is 13.4. The highest BCUT2D eigenvalue weighted by molar-refractivity contribution is 7.15. The number of nitrogens with one attached hydrogen (secondary N) is 1. The zero-order valence-electron chi connectivity index (χ0n) is 20.4. The first-order chi connectivity index (χ1) is 15.8. The van der Waals surface area contributed by atoms with E-state index in [-0.39, 0.29) is 35.0 Å². The summed E-state index contributed by atoms with van der Waals surface area (Å²) >= 11 is 1.82. The van der Waals surface area contributed by atoms with Gasteiger partial charge >= 0.3 is 0 Å². The molecule has 5 rings (SSSR count). The van der Waals surface area contributed by atoms with Gasteiger partial charge in [0.25, 0.3) is 0 Å². The summed E-state index contributed by atoms with van der Waals surface area (Å²) in [5.41, 5.74) is 2.40. The Morgan fingerprint density at radius 2 is 1.97 bits per heavy atom. The van der Waals surface area contributed by atoms with Crippen LogP contribution in [0.4, 0.5) is 0 Å². The van der Waals surface area contributed by atoms with E-state index in [2.05, 4.69) is 52.1 Å². The van der Waals surface area contributed by atoms with Gasteiger partial charge in [0, 0.05) is 22.3 Å². The number of amides is 1. The van der Waals surface area contributed by atoms with Crippen LogP contribution in [0, 0.1) is 23.2 Å². The zero-order valence-corrected chi connectivity index (χ0v) is 21.2. The van der Waals surface area contributed by atoms with E-state index in [0.717, 1.165) is 50.4 Å². The number of aromatic nitrogens is 1. The molecule has 6 atom stereocenters. The number of piperazine rings is 1. The molecule has 1 aliphatic heterocycles. The van der Waals surface area contributed by atoms with Crippen molar-refractivity contribution in [2.45, 2.75) is 52.1 Å². The average Bonchev–Trinajstić information content (AvgIpc) is 3.23. The second kappa shape index (κ2) is 8.79. The number of aliphatic hydroxyl groups is 1. The van der Waals surface area contributed by atoms with Crippen LogP contribution in [0.3, 0.4) is 0 Å². The van der Waals surface area contributed by atoms with Crippen molar-refractivity contribution >= 4 is 17.2 Å². The number of carbonyl (C=O) groups is 1. The van der Waals surface area contributed by atoms with Gasteiger partial charge in [-0.2, -0.15) is 0 Å². The topological polar surface area (TPSA) is 57.9 Å². The largest absolute Gasteiger partial charge is 0.392 e. The molecule has 0 bridgehead atoms. The average molecular weight is 469 g/mol. The summed E-state index contributed by atoms with van der Waals surface area (Å²) in [6.07, 6.45) is 2.50. The molecule has 2 fully saturated rings. The minimum Gasteiger partial charge on any atom is -0.392 e. The van der Waals surface area contributed by atoms with Gasteiger partial charge in [-0.1, -0.05) is 51.1 Å². The van der Waals surface area contributed by atoms with Crippen LogP contribution in [0.2, 0.25) is 0 Å². The van der Waals surface area contributed by atoms with Gasteiger partial charge in [0.2, 0.25) is 5.91 Å². The predicted octanol–water partition coefficient (Wildman–Crippen LogP) is 2.86. The van der Waals surface area contributed by atoms with E-state index in [1.54, 1.807) is 0 Å². The molecule has 1 saturated carbocycles. The number of aliphatic hydroxyl groups excluding tert-OH is 1. The molecule has 0 spiro atoms. The summed E-state index contributed by atoms with van der Waals surface area (Å²) in [6, 6.07) is 10.4. The van der Waals surface area contributed by atoms with Crippen LogP contribution in [0.15, 0.2) is 30.3 Å². The number of carbonyl (C=O) groups excluding carboxylic acids is 1. The van der Waals surface area contributed by atoms with Gasteiger partial charge in [-0.25, -0.2) is 4.98 Å². The van der Waals surface area contributed by atoms with Gasteiger partial charge < -0.3 is 14.9 Å². The molecule has 1 saturated heterocycles. The fourth-order valence-corrected chi connectivity index (χ4v) is 8.20. The van der Waals surface area contributed by atoms with E-state index in [1.807, 2.05) is 22.3 Å². The second-order valence-electron chi connectivity index (χ2n) is 11.1. The van der Waals surface area contributed by atoms with Crippen molar-refractivity contribution in [3.8, 4) is 10.6 Å². The van der Waals surface area contributed by atoms with Crippen LogP contribution in [0.5, 0.6) is 0 Å². The van der Waals surface area contributed by atoms with Gasteiger partial charge in [0.15, 0.2) is 0 Å². The van der Waals surface area contributed by atoms with E-state index in [4.69, 9.17) is 4.98 Å². The van der Waals surface area contributed by atoms with Crippen molar-refractivity contribution in [1.82, 2.24) is 9.88 Å². The predicted molar refractivity (Wildman–Crippen MR) is 132 cm³/mol. The maximum atomic E-state index is 13.3. The molecule has 6 heteroatoms. The van der Waals surface area contributed by atoms with Gasteiger partial charge in [-0.05, 0) is 36.5 Å². The molecule has 2 aromatic rings. The Hall–Kier alpha value is -1.76. The van der Waals surface area contributed by atoms with E-state index in [9.17, 15) is 9.90 Å². The van der Waals surface area contributed by atoms with Crippen LogP contribution in [-0.4, -0.2) is 60.2 Å². The summed E-state index contributed by atoms with van der Waals surface area (Å²) in [5.74, 6) is 0.464. The lowest BCUT2D eigenvalue weighted by Crippen LogP contribution is -3.12. The molecular weight excluding hydrogens is 430 g/mol. The Kier molecular flexibility index (Phi) is 6.13. The molecule has 5 nitrogen and oxygen atoms in total. The second-order valence-corrected chi connectivity index (χ2v) is 12.2. The van der Waals surface area contributed by atoms with Gasteiger partial charge in [-0.15, -0.1) is 11.3 Å². The van der Waals surface area contributed by atoms with Crippen molar-refractivity contribution in [1.29, 1.82) is 0 Å². The van der Waals surface area contributed by atoms with Crippen LogP contribution in [-0.2, 0) is 11.2 Å². The van der Waals surface area contributed by atoms with Crippen molar-refractivity contribution in [3.05, 3.63) is 40.9 Å². The number of quaternary nitrogens is 1. The van der Waals surface area contributed by atoms with E-state index < -0.39 is 6.10 Å². The number of thiazole rings is 1. The number of benzene rings is 1. The SMILES string of the molecule is C[C@H](C(=O)N1CC[NH+](C)CC1)[C@H]1CC[C@@]2(C)Cc3sc(-c4ccccc4)nc3[C@@H](C)[C@@H]2[C@H]1O. The Labute approximate surface area is 201 Å². The molecule has 0 unspecified atom stereocenters. The zero-order chi connectivity index (χ0) is 23.3. The summed E-state index contributed by atoms with van der Waals surface area (Å²) < 4.78 is 0. The summed E-state index contributed by atoms with van der Waals surface area (Å²) in [4.78, 5) is 23.3. The van der Waals surface area contributed by atoms with Crippen LogP contribution in [0.1, 0.15) is 50.1 Å². The van der Waals surface area contributed by atoms with Crippen molar-refractivity contribution in [3.63, 3.8) is 0 Å². The highest BCUT2D eigenvalue weighted by atomic mass is 32.1. The summed E-state index contributed by atoms with van der Waals surface area (Å²) in [7, 11) is 2.19. The number of nitrogens with zero attached hydrogens (tertiary/aromatic N) is 2. The Balaban J connectivity index is 1.38. The molecule has 0 radical (unpaired) electrons. The third-order valence-corrected chi connectivity index (χ3v) is 10.0.